The van der Waals surface area contributed by atoms with Crippen LogP contribution < -0.4 is 0 Å². The van der Waals surface area contributed by atoms with Crippen LogP contribution in [0.4, 0.5) is 0 Å². The number of para-hydroxylation sites is 2. The Bertz CT molecular complexity index is 4150. The number of pyridine rings is 6. The summed E-state index contributed by atoms with van der Waals surface area (Å²) in [5, 5.41) is 15.3. The lowest BCUT2D eigenvalue weighted by Gasteiger charge is -1.98. The minimum absolute atomic E-state index is 1.07. The molecule has 0 saturated heterocycles. The Labute approximate surface area is 518 Å². The van der Waals surface area contributed by atoms with E-state index in [4.69, 9.17) is 0 Å². The largest absolute Gasteiger partial charge is 0.264 e. The van der Waals surface area contributed by atoms with Crippen LogP contribution in [0.25, 0.3) is 86.7 Å². The molecule has 0 fully saturated rings. The Morgan fingerprint density at radius 1 is 0.193 bits per heavy atom. The summed E-state index contributed by atoms with van der Waals surface area (Å²) in [7, 11) is 0. The number of aromatic nitrogens is 6. The predicted octanol–water partition coefficient (Wildman–Crippen LogP) is 21.6. The third-order valence-electron chi connectivity index (χ3n) is 15.0. The van der Waals surface area contributed by atoms with E-state index in [1.165, 1.54) is 109 Å². The second-order valence-corrected chi connectivity index (χ2v) is 21.6. The second kappa shape index (κ2) is 31.4. The molecule has 0 aliphatic carbocycles. The van der Waals surface area contributed by atoms with Crippen LogP contribution in [0.2, 0.25) is 0 Å². The van der Waals surface area contributed by atoms with Gasteiger partial charge in [-0.15, -0.1) is 0 Å². The first kappa shape index (κ1) is 61.7. The third kappa shape index (κ3) is 17.2. The molecule has 0 saturated carbocycles. The first-order valence-electron chi connectivity index (χ1n) is 29.7. The number of aryl methyl sites for hydroxylation is 8. The fourth-order valence-corrected chi connectivity index (χ4v) is 10.2. The maximum atomic E-state index is 4.24. The smallest absolute Gasteiger partial charge is 0.0704 e. The van der Waals surface area contributed by atoms with Crippen molar-refractivity contribution in [2.24, 2.45) is 0 Å². The number of rotatable bonds is 0. The molecule has 0 aliphatic rings. The van der Waals surface area contributed by atoms with E-state index >= 15 is 0 Å². The molecule has 16 rings (SSSR count). The van der Waals surface area contributed by atoms with Gasteiger partial charge >= 0.3 is 0 Å². The van der Waals surface area contributed by atoms with E-state index in [1.807, 2.05) is 141 Å². The summed E-state index contributed by atoms with van der Waals surface area (Å²) in [6.07, 6.45) is 14.8. The molecule has 0 bridgehead atoms. The van der Waals surface area contributed by atoms with Gasteiger partial charge in [-0.05, 0) is 182 Å². The molecule has 16 aromatic rings. The highest BCUT2D eigenvalue weighted by atomic mass is 14.7. The Morgan fingerprint density at radius 3 is 1.16 bits per heavy atom. The van der Waals surface area contributed by atoms with E-state index in [-0.39, 0.29) is 0 Å². The topological polar surface area (TPSA) is 77.3 Å². The molecule has 0 N–H and O–H groups in total. The average Bonchev–Trinajstić information content (AvgIpc) is 3.70. The van der Waals surface area contributed by atoms with E-state index in [2.05, 4.69) is 249 Å². The first-order chi connectivity index (χ1) is 43.0. The molecule has 0 amide bonds. The third-order valence-corrected chi connectivity index (χ3v) is 15.0. The molecule has 0 aliphatic heterocycles. The van der Waals surface area contributed by atoms with Gasteiger partial charge in [-0.3, -0.25) is 29.9 Å². The molecule has 10 aromatic carbocycles. The van der Waals surface area contributed by atoms with Crippen LogP contribution in [0.5, 0.6) is 0 Å². The summed E-state index contributed by atoms with van der Waals surface area (Å²) in [5.74, 6) is 0. The SMILES string of the molecule is Cc1ccc2ccccc2c1.Cc1ccc2ncccc2c1.Cc1cccc2ccccc12.Cc1cccc2cnccc12.Cc1cccc2ncccc12.Cc1ccnc2ccccc12.Cc1ccnc2ccccc12.Cc1cncc2ccccc12. The lowest BCUT2D eigenvalue weighted by Crippen LogP contribution is -1.79. The van der Waals surface area contributed by atoms with E-state index < -0.39 is 0 Å². The van der Waals surface area contributed by atoms with Crippen LogP contribution in [0.15, 0.2) is 304 Å². The molecular formula is C82H74N6. The number of hydrogen-bond acceptors (Lipinski definition) is 6. The highest BCUT2D eigenvalue weighted by Crippen LogP contribution is 2.21. The fourth-order valence-electron chi connectivity index (χ4n) is 10.2. The zero-order chi connectivity index (χ0) is 61.5. The monoisotopic (exact) mass is 1140 g/mol. The molecule has 6 heterocycles. The summed E-state index contributed by atoms with van der Waals surface area (Å²) < 4.78 is 0. The first-order valence-corrected chi connectivity index (χ1v) is 29.7. The standard InChI is InChI=1S/2C11H10.6C10H9N/c1-9-5-4-7-10-6-2-3-8-11(9)10;1-9-6-7-10-4-2-3-5-11(10)8-9;1-8-4-2-6-10-9(8)5-3-7-11-10;1-8-4-5-10-9(7-8)3-2-6-11-10;1-8-3-2-4-9-7-11-6-5-10(8)9;1-8-6-11-7-9-4-2-3-5-10(8)9;2*1-8-6-7-11-10-5-3-2-4-9(8)10/h2*2-8H,1H3;6*2-7H,1H3. The van der Waals surface area contributed by atoms with Gasteiger partial charge in [0.25, 0.3) is 0 Å². The van der Waals surface area contributed by atoms with E-state index in [1.54, 1.807) is 0 Å². The summed E-state index contributed by atoms with van der Waals surface area (Å²) in [5.41, 5.74) is 14.7. The van der Waals surface area contributed by atoms with Crippen molar-refractivity contribution in [3.05, 3.63) is 349 Å². The van der Waals surface area contributed by atoms with Crippen molar-refractivity contribution < 1.29 is 0 Å². The minimum Gasteiger partial charge on any atom is -0.264 e. The fraction of sp³-hybridized carbons (Fsp3) is 0.0976. The van der Waals surface area contributed by atoms with Crippen molar-refractivity contribution in [2.45, 2.75) is 55.4 Å². The van der Waals surface area contributed by atoms with Crippen molar-refractivity contribution in [1.29, 1.82) is 0 Å². The maximum Gasteiger partial charge on any atom is 0.0704 e. The molecule has 0 spiro atoms. The van der Waals surface area contributed by atoms with Gasteiger partial charge < -0.3 is 0 Å². The minimum atomic E-state index is 1.07. The normalized spacial score (nSPS) is 10.3. The number of fused-ring (bicyclic) bond motifs is 8. The number of benzene rings is 10. The van der Waals surface area contributed by atoms with Crippen molar-refractivity contribution in [3.63, 3.8) is 0 Å². The molecule has 88 heavy (non-hydrogen) atoms. The molecule has 0 radical (unpaired) electrons. The van der Waals surface area contributed by atoms with Crippen LogP contribution in [0, 0.1) is 55.4 Å². The number of nitrogens with zero attached hydrogens (tertiary/aromatic N) is 6. The molecule has 6 heteroatoms. The lowest BCUT2D eigenvalue weighted by molar-refractivity contribution is 1.31. The van der Waals surface area contributed by atoms with E-state index in [9.17, 15) is 0 Å². The van der Waals surface area contributed by atoms with Gasteiger partial charge in [0.15, 0.2) is 0 Å². The van der Waals surface area contributed by atoms with Crippen LogP contribution in [-0.2, 0) is 0 Å². The molecule has 6 aromatic heterocycles. The lowest BCUT2D eigenvalue weighted by atomic mass is 10.1. The molecular weight excluding hydrogens is 1070 g/mol. The molecule has 6 nitrogen and oxygen atoms in total. The quantitative estimate of drug-likeness (QED) is 0.151. The van der Waals surface area contributed by atoms with Gasteiger partial charge in [0.1, 0.15) is 0 Å². The Balaban J connectivity index is 0.000000120. The highest BCUT2D eigenvalue weighted by Gasteiger charge is 1.99. The van der Waals surface area contributed by atoms with Crippen LogP contribution in [0.3, 0.4) is 0 Å². The van der Waals surface area contributed by atoms with E-state index in [0.29, 0.717) is 0 Å². The Kier molecular flexibility index (Phi) is 22.0. The van der Waals surface area contributed by atoms with Crippen LogP contribution in [-0.4, -0.2) is 29.9 Å². The molecule has 0 unspecified atom stereocenters. The van der Waals surface area contributed by atoms with Crippen molar-refractivity contribution in [1.82, 2.24) is 29.9 Å². The van der Waals surface area contributed by atoms with E-state index in [0.717, 1.165) is 22.1 Å². The Hall–Kier alpha value is -10.8. The predicted molar refractivity (Wildman–Crippen MR) is 376 cm³/mol. The van der Waals surface area contributed by atoms with Crippen molar-refractivity contribution in [2.75, 3.05) is 0 Å². The molecule has 432 valence electrons. The average molecular weight is 1140 g/mol. The number of hydrogen-bond donors (Lipinski definition) is 0. The van der Waals surface area contributed by atoms with Gasteiger partial charge in [-0.25, -0.2) is 0 Å². The van der Waals surface area contributed by atoms with Gasteiger partial charge in [-0.2, -0.15) is 0 Å². The zero-order valence-electron chi connectivity index (χ0n) is 51.6. The van der Waals surface area contributed by atoms with Crippen molar-refractivity contribution in [3.8, 4) is 0 Å². The van der Waals surface area contributed by atoms with Gasteiger partial charge in [0, 0.05) is 81.9 Å². The van der Waals surface area contributed by atoms with Crippen LogP contribution >= 0.6 is 0 Å². The maximum absolute atomic E-state index is 4.24. The summed E-state index contributed by atoms with van der Waals surface area (Å²) in [6, 6.07) is 87.2. The van der Waals surface area contributed by atoms with Gasteiger partial charge in [0.2, 0.25) is 0 Å². The Morgan fingerprint density at radius 2 is 0.568 bits per heavy atom. The van der Waals surface area contributed by atoms with Crippen molar-refractivity contribution >= 4 is 86.7 Å². The summed E-state index contributed by atoms with van der Waals surface area (Å²) in [6.45, 7) is 16.8. The van der Waals surface area contributed by atoms with Crippen LogP contribution in [0.1, 0.15) is 44.5 Å². The van der Waals surface area contributed by atoms with Gasteiger partial charge in [0.05, 0.1) is 22.1 Å². The van der Waals surface area contributed by atoms with Gasteiger partial charge in [-0.1, -0.05) is 205 Å². The zero-order valence-corrected chi connectivity index (χ0v) is 51.6. The highest BCUT2D eigenvalue weighted by molar-refractivity contribution is 5.88. The summed E-state index contributed by atoms with van der Waals surface area (Å²) in [4.78, 5) is 25.1. The second-order valence-electron chi connectivity index (χ2n) is 21.6. The molecule has 0 atom stereocenters. The summed E-state index contributed by atoms with van der Waals surface area (Å²) >= 11 is 0.